The van der Waals surface area contributed by atoms with E-state index in [0.717, 1.165) is 29.3 Å². The summed E-state index contributed by atoms with van der Waals surface area (Å²) >= 11 is 0. The highest BCUT2D eigenvalue weighted by atomic mass is 32.2. The maximum absolute atomic E-state index is 14.2. The van der Waals surface area contributed by atoms with Crippen LogP contribution >= 0.6 is 0 Å². The molecular formula is C32H40FN3O7S. The summed E-state index contributed by atoms with van der Waals surface area (Å²) in [6.45, 7) is 3.59. The Morgan fingerprint density at radius 2 is 1.61 bits per heavy atom. The lowest BCUT2D eigenvalue weighted by molar-refractivity contribution is -0.140. The standard InChI is InChI=1S/C32H40FN3O7S/c1-6-8-18-34-32(38)28(7-2)35(21-23-10-9-11-26(19-23)41-3)31(37)22-36(25-14-12-24(33)13-15-25)44(39,40)27-16-17-29(42-4)30(20-27)43-5/h9-17,19-20,28H,6-8,18,21-22H2,1-5H3,(H,34,38)/t28-/m0/s1. The molecular weight excluding hydrogens is 589 g/mol. The van der Waals surface area contributed by atoms with Crippen molar-refractivity contribution in [3.8, 4) is 17.2 Å². The lowest BCUT2D eigenvalue weighted by Crippen LogP contribution is -2.52. The van der Waals surface area contributed by atoms with Gasteiger partial charge in [0.05, 0.1) is 31.9 Å². The van der Waals surface area contributed by atoms with Gasteiger partial charge in [-0.25, -0.2) is 12.8 Å². The molecule has 0 aliphatic heterocycles. The third-order valence-electron chi connectivity index (χ3n) is 7.04. The molecule has 0 heterocycles. The summed E-state index contributed by atoms with van der Waals surface area (Å²) in [5, 5.41) is 2.89. The van der Waals surface area contributed by atoms with Gasteiger partial charge in [0.25, 0.3) is 10.0 Å². The number of anilines is 1. The van der Waals surface area contributed by atoms with Crippen LogP contribution in [0.25, 0.3) is 0 Å². The van der Waals surface area contributed by atoms with Gasteiger partial charge in [-0.3, -0.25) is 13.9 Å². The SMILES string of the molecule is CCCCNC(=O)[C@H](CC)N(Cc1cccc(OC)c1)C(=O)CN(c1ccc(F)cc1)S(=O)(=O)c1ccc(OC)c(OC)c1. The van der Waals surface area contributed by atoms with E-state index in [2.05, 4.69) is 5.32 Å². The lowest BCUT2D eigenvalue weighted by atomic mass is 10.1. The molecule has 0 radical (unpaired) electrons. The molecule has 1 atom stereocenters. The van der Waals surface area contributed by atoms with Crippen LogP contribution < -0.4 is 23.8 Å². The van der Waals surface area contributed by atoms with Crippen molar-refractivity contribution >= 4 is 27.5 Å². The number of carbonyl (C=O) groups excluding carboxylic acids is 2. The largest absolute Gasteiger partial charge is 0.497 e. The van der Waals surface area contributed by atoms with Crippen LogP contribution in [0.4, 0.5) is 10.1 Å². The number of unbranched alkanes of at least 4 members (excludes halogenated alkanes) is 1. The fourth-order valence-corrected chi connectivity index (χ4v) is 6.06. The van der Waals surface area contributed by atoms with Crippen molar-refractivity contribution in [3.05, 3.63) is 78.1 Å². The molecule has 0 aliphatic rings. The summed E-state index contributed by atoms with van der Waals surface area (Å²) in [4.78, 5) is 28.7. The van der Waals surface area contributed by atoms with Crippen molar-refractivity contribution in [3.63, 3.8) is 0 Å². The summed E-state index contributed by atoms with van der Waals surface area (Å²) in [5.74, 6) is -0.474. The van der Waals surface area contributed by atoms with Gasteiger partial charge < -0.3 is 24.4 Å². The zero-order valence-electron chi connectivity index (χ0n) is 25.7. The van der Waals surface area contributed by atoms with Gasteiger partial charge >= 0.3 is 0 Å². The normalized spacial score (nSPS) is 11.8. The summed E-state index contributed by atoms with van der Waals surface area (Å²) in [6, 6.07) is 15.0. The van der Waals surface area contributed by atoms with Gasteiger partial charge in [0, 0.05) is 19.2 Å². The minimum Gasteiger partial charge on any atom is -0.497 e. The number of hydrogen-bond acceptors (Lipinski definition) is 7. The van der Waals surface area contributed by atoms with E-state index in [1.165, 1.54) is 56.6 Å². The molecule has 238 valence electrons. The zero-order chi connectivity index (χ0) is 32.3. The number of methoxy groups -OCH3 is 3. The van der Waals surface area contributed by atoms with E-state index in [0.29, 0.717) is 23.6 Å². The second-order valence-electron chi connectivity index (χ2n) is 9.95. The number of benzene rings is 3. The number of nitrogens with zero attached hydrogens (tertiary/aromatic N) is 2. The average molecular weight is 630 g/mol. The Bertz CT molecular complexity index is 1520. The Balaban J connectivity index is 2.08. The third kappa shape index (κ3) is 8.40. The Kier molecular flexibility index (Phi) is 12.4. The van der Waals surface area contributed by atoms with Gasteiger partial charge in [-0.05, 0) is 66.9 Å². The van der Waals surface area contributed by atoms with Crippen LogP contribution in [0.2, 0.25) is 0 Å². The molecule has 0 fully saturated rings. The molecule has 2 amide bonds. The molecule has 3 aromatic carbocycles. The van der Waals surface area contributed by atoms with Crippen molar-refractivity contribution in [2.45, 2.75) is 50.6 Å². The van der Waals surface area contributed by atoms with Crippen molar-refractivity contribution in [1.82, 2.24) is 10.2 Å². The maximum Gasteiger partial charge on any atom is 0.264 e. The van der Waals surface area contributed by atoms with Crippen molar-refractivity contribution in [2.24, 2.45) is 0 Å². The van der Waals surface area contributed by atoms with E-state index in [1.807, 2.05) is 6.92 Å². The van der Waals surface area contributed by atoms with E-state index < -0.39 is 34.3 Å². The topological polar surface area (TPSA) is 114 Å². The first-order valence-electron chi connectivity index (χ1n) is 14.3. The fraction of sp³-hybridized carbons (Fsp3) is 0.375. The summed E-state index contributed by atoms with van der Waals surface area (Å²) in [7, 11) is -0.0712. The molecule has 0 saturated carbocycles. The molecule has 0 aliphatic carbocycles. The van der Waals surface area contributed by atoms with E-state index in [9.17, 15) is 22.4 Å². The van der Waals surface area contributed by atoms with Gasteiger partial charge in [0.1, 0.15) is 24.2 Å². The summed E-state index contributed by atoms with van der Waals surface area (Å²) < 4.78 is 58.9. The van der Waals surface area contributed by atoms with Gasteiger partial charge in [0.15, 0.2) is 11.5 Å². The monoisotopic (exact) mass is 629 g/mol. The first-order valence-corrected chi connectivity index (χ1v) is 15.7. The Morgan fingerprint density at radius 1 is 0.909 bits per heavy atom. The maximum atomic E-state index is 14.2. The number of halogens is 1. The van der Waals surface area contributed by atoms with Crippen LogP contribution in [0, 0.1) is 5.82 Å². The van der Waals surface area contributed by atoms with Crippen molar-refractivity contribution in [2.75, 3.05) is 38.7 Å². The number of sulfonamides is 1. The number of amides is 2. The minimum absolute atomic E-state index is 0.0173. The van der Waals surface area contributed by atoms with Gasteiger partial charge in [-0.15, -0.1) is 0 Å². The van der Waals surface area contributed by atoms with Gasteiger partial charge in [-0.1, -0.05) is 32.4 Å². The lowest BCUT2D eigenvalue weighted by Gasteiger charge is -2.33. The van der Waals surface area contributed by atoms with E-state index >= 15 is 0 Å². The molecule has 1 N–H and O–H groups in total. The van der Waals surface area contributed by atoms with Crippen LogP contribution in [0.1, 0.15) is 38.7 Å². The number of rotatable bonds is 16. The first kappa shape index (κ1) is 34.2. The van der Waals surface area contributed by atoms with Crippen molar-refractivity contribution in [1.29, 1.82) is 0 Å². The highest BCUT2D eigenvalue weighted by Gasteiger charge is 2.34. The minimum atomic E-state index is -4.40. The molecule has 10 nitrogen and oxygen atoms in total. The van der Waals surface area contributed by atoms with Gasteiger partial charge in [0.2, 0.25) is 11.8 Å². The predicted molar refractivity (Wildman–Crippen MR) is 166 cm³/mol. The molecule has 0 saturated heterocycles. The molecule has 3 aromatic rings. The molecule has 0 bridgehead atoms. The second-order valence-corrected chi connectivity index (χ2v) is 11.8. The highest BCUT2D eigenvalue weighted by Crippen LogP contribution is 2.32. The Labute approximate surface area is 258 Å². The van der Waals surface area contributed by atoms with E-state index in [4.69, 9.17) is 14.2 Å². The van der Waals surface area contributed by atoms with Crippen molar-refractivity contribution < 1.29 is 36.6 Å². The smallest absolute Gasteiger partial charge is 0.264 e. The fourth-order valence-electron chi connectivity index (χ4n) is 4.63. The molecule has 3 rings (SSSR count). The Hall–Kier alpha value is -4.32. The van der Waals surface area contributed by atoms with Crippen LogP contribution in [0.5, 0.6) is 17.2 Å². The number of nitrogens with one attached hydrogen (secondary N) is 1. The third-order valence-corrected chi connectivity index (χ3v) is 8.81. The molecule has 44 heavy (non-hydrogen) atoms. The molecule has 12 heteroatoms. The van der Waals surface area contributed by atoms with E-state index in [1.54, 1.807) is 31.2 Å². The molecule has 0 unspecified atom stereocenters. The molecule has 0 spiro atoms. The van der Waals surface area contributed by atoms with E-state index in [-0.39, 0.29) is 35.2 Å². The quantitative estimate of drug-likeness (QED) is 0.227. The summed E-state index contributed by atoms with van der Waals surface area (Å²) in [5.41, 5.74) is 0.755. The molecule has 0 aromatic heterocycles. The van der Waals surface area contributed by atoms with Gasteiger partial charge in [-0.2, -0.15) is 0 Å². The summed E-state index contributed by atoms with van der Waals surface area (Å²) in [6.07, 6.45) is 1.94. The number of carbonyl (C=O) groups is 2. The first-order chi connectivity index (χ1) is 21.1. The second kappa shape index (κ2) is 15.9. The number of hydrogen-bond donors (Lipinski definition) is 1. The van der Waals surface area contributed by atoms with Crippen LogP contribution in [-0.4, -0.2) is 65.6 Å². The highest BCUT2D eigenvalue weighted by molar-refractivity contribution is 7.92. The zero-order valence-corrected chi connectivity index (χ0v) is 26.5. The Morgan fingerprint density at radius 3 is 2.23 bits per heavy atom. The average Bonchev–Trinajstić information content (AvgIpc) is 3.03. The van der Waals surface area contributed by atoms with Crippen LogP contribution in [0.3, 0.4) is 0 Å². The predicted octanol–water partition coefficient (Wildman–Crippen LogP) is 4.77. The van der Waals surface area contributed by atoms with Crippen LogP contribution in [0.15, 0.2) is 71.6 Å². The van der Waals surface area contributed by atoms with Crippen LogP contribution in [-0.2, 0) is 26.2 Å². The number of ether oxygens (including phenoxy) is 3.